The highest BCUT2D eigenvalue weighted by Gasteiger charge is 1.92. The fraction of sp³-hybridized carbons (Fsp3) is 0. The van der Waals surface area contributed by atoms with Crippen LogP contribution >= 0.6 is 23.2 Å². The van der Waals surface area contributed by atoms with Gasteiger partial charge in [0.2, 0.25) is 0 Å². The molecule has 18 heavy (non-hydrogen) atoms. The molecule has 4 heteroatoms. The molecule has 0 aliphatic heterocycles. The molecule has 0 radical (unpaired) electrons. The summed E-state index contributed by atoms with van der Waals surface area (Å²) in [7, 11) is 0. The molecule has 0 atom stereocenters. The van der Waals surface area contributed by atoms with Gasteiger partial charge in [-0.05, 0) is 18.2 Å². The fourth-order valence-electron chi connectivity index (χ4n) is 1.11. The summed E-state index contributed by atoms with van der Waals surface area (Å²) in [6.07, 6.45) is 1.53. The van der Waals surface area contributed by atoms with Crippen molar-refractivity contribution < 1.29 is 9.59 Å². The number of rotatable bonds is 2. The Labute approximate surface area is 115 Å². The minimum absolute atomic E-state index is 0.507. The Kier molecular flexibility index (Phi) is 6.12. The molecule has 0 saturated heterocycles. The summed E-state index contributed by atoms with van der Waals surface area (Å²) >= 11 is 11.1. The van der Waals surface area contributed by atoms with Crippen LogP contribution in [-0.2, 0) is 0 Å². The van der Waals surface area contributed by atoms with Gasteiger partial charge < -0.3 is 0 Å². The molecule has 0 N–H and O–H groups in total. The van der Waals surface area contributed by atoms with Gasteiger partial charge in [-0.25, -0.2) is 0 Å². The Morgan fingerprint density at radius 3 is 1.83 bits per heavy atom. The van der Waals surface area contributed by atoms with Gasteiger partial charge in [0.15, 0.2) is 6.29 Å². The van der Waals surface area contributed by atoms with E-state index < -0.39 is 0 Å². The molecule has 0 unspecified atom stereocenters. The van der Waals surface area contributed by atoms with Gasteiger partial charge in [0, 0.05) is 16.1 Å². The van der Waals surface area contributed by atoms with Gasteiger partial charge in [-0.2, -0.15) is 0 Å². The van der Waals surface area contributed by atoms with Crippen LogP contribution in [0.15, 0.2) is 48.5 Å². The van der Waals surface area contributed by atoms with Crippen molar-refractivity contribution in [3.8, 4) is 0 Å². The lowest BCUT2D eigenvalue weighted by atomic mass is 10.2. The van der Waals surface area contributed by atoms with Crippen molar-refractivity contribution in [2.75, 3.05) is 0 Å². The Morgan fingerprint density at radius 2 is 1.39 bits per heavy atom. The normalized spacial score (nSPS) is 9.00. The summed E-state index contributed by atoms with van der Waals surface area (Å²) < 4.78 is 0. The van der Waals surface area contributed by atoms with Gasteiger partial charge in [0.05, 0.1) is 5.02 Å². The summed E-state index contributed by atoms with van der Waals surface area (Å²) in [6.45, 7) is 0. The molecule has 2 nitrogen and oxygen atoms in total. The van der Waals surface area contributed by atoms with Crippen molar-refractivity contribution in [1.29, 1.82) is 0 Å². The van der Waals surface area contributed by atoms with Crippen molar-refractivity contribution in [3.05, 3.63) is 69.7 Å². The lowest BCUT2D eigenvalue weighted by Gasteiger charge is -1.90. The molecule has 0 amide bonds. The zero-order valence-corrected chi connectivity index (χ0v) is 10.9. The molecule has 0 aliphatic rings. The summed E-state index contributed by atoms with van der Waals surface area (Å²) in [5.74, 6) is 0. The molecule has 2 aromatic rings. The quantitative estimate of drug-likeness (QED) is 0.769. The number of benzene rings is 2. The van der Waals surface area contributed by atoms with Crippen molar-refractivity contribution in [1.82, 2.24) is 0 Å². The first kappa shape index (κ1) is 14.4. The molecule has 92 valence electrons. The van der Waals surface area contributed by atoms with Gasteiger partial charge >= 0.3 is 0 Å². The van der Waals surface area contributed by atoms with E-state index in [0.29, 0.717) is 21.2 Å². The average Bonchev–Trinajstić information content (AvgIpc) is 2.41. The van der Waals surface area contributed by atoms with E-state index in [1.807, 2.05) is 0 Å². The summed E-state index contributed by atoms with van der Waals surface area (Å²) in [5, 5.41) is 1.16. The van der Waals surface area contributed by atoms with Gasteiger partial charge in [-0.3, -0.25) is 9.59 Å². The van der Waals surface area contributed by atoms with Crippen molar-refractivity contribution in [2.45, 2.75) is 0 Å². The second-order valence-electron chi connectivity index (χ2n) is 3.31. The monoisotopic (exact) mass is 280 g/mol. The number of aldehydes is 2. The van der Waals surface area contributed by atoms with Crippen molar-refractivity contribution in [3.63, 3.8) is 0 Å². The summed E-state index contributed by atoms with van der Waals surface area (Å²) in [4.78, 5) is 20.2. The zero-order valence-electron chi connectivity index (χ0n) is 9.35. The van der Waals surface area contributed by atoms with E-state index in [2.05, 4.69) is 0 Å². The minimum atomic E-state index is 0.507. The number of carbonyl (C=O) groups is 2. The van der Waals surface area contributed by atoms with E-state index in [1.54, 1.807) is 48.5 Å². The summed E-state index contributed by atoms with van der Waals surface area (Å²) in [6, 6.07) is 13.6. The van der Waals surface area contributed by atoms with E-state index >= 15 is 0 Å². The highest BCUT2D eigenvalue weighted by molar-refractivity contribution is 6.32. The third kappa shape index (κ3) is 4.70. The van der Waals surface area contributed by atoms with Gasteiger partial charge in [-0.15, -0.1) is 0 Å². The maximum atomic E-state index is 10.1. The van der Waals surface area contributed by atoms with Gasteiger partial charge in [-0.1, -0.05) is 53.5 Å². The maximum absolute atomic E-state index is 10.1. The van der Waals surface area contributed by atoms with Crippen molar-refractivity contribution in [2.24, 2.45) is 0 Å². The lowest BCUT2D eigenvalue weighted by molar-refractivity contribution is 0.111. The highest BCUT2D eigenvalue weighted by atomic mass is 35.5. The van der Waals surface area contributed by atoms with Crippen LogP contribution in [0.2, 0.25) is 10.0 Å². The first-order chi connectivity index (χ1) is 8.67. The molecule has 2 rings (SSSR count). The van der Waals surface area contributed by atoms with Crippen LogP contribution < -0.4 is 0 Å². The Balaban J connectivity index is 0.000000180. The SMILES string of the molecule is O=Cc1ccc(Cl)cc1.O=Cc1ccccc1Cl. The van der Waals surface area contributed by atoms with Gasteiger partial charge in [0.25, 0.3) is 0 Å². The van der Waals surface area contributed by atoms with Gasteiger partial charge in [0.1, 0.15) is 6.29 Å². The number of halogens is 2. The predicted molar refractivity (Wildman–Crippen MR) is 73.7 cm³/mol. The Morgan fingerprint density at radius 1 is 0.778 bits per heavy atom. The molecule has 2 aromatic carbocycles. The molecular weight excluding hydrogens is 271 g/mol. The smallest absolute Gasteiger partial charge is 0.151 e. The standard InChI is InChI=1S/2C7H5ClO/c8-7-3-1-6(5-9)2-4-7;8-7-4-2-1-3-6(7)5-9/h2*1-5H. The molecule has 0 saturated carbocycles. The van der Waals surface area contributed by atoms with Crippen LogP contribution in [-0.4, -0.2) is 12.6 Å². The van der Waals surface area contributed by atoms with Crippen LogP contribution in [0.4, 0.5) is 0 Å². The second kappa shape index (κ2) is 7.64. The lowest BCUT2D eigenvalue weighted by Crippen LogP contribution is -1.77. The number of hydrogen-bond acceptors (Lipinski definition) is 2. The van der Waals surface area contributed by atoms with Crippen LogP contribution in [0.1, 0.15) is 20.7 Å². The highest BCUT2D eigenvalue weighted by Crippen LogP contribution is 2.11. The number of hydrogen-bond donors (Lipinski definition) is 0. The molecule has 0 spiro atoms. The number of carbonyl (C=O) groups excluding carboxylic acids is 2. The first-order valence-corrected chi connectivity index (χ1v) is 5.83. The Bertz CT molecular complexity index is 522. The van der Waals surface area contributed by atoms with Crippen molar-refractivity contribution >= 4 is 35.8 Å². The fourth-order valence-corrected chi connectivity index (χ4v) is 1.42. The van der Waals surface area contributed by atoms with E-state index in [4.69, 9.17) is 23.2 Å². The minimum Gasteiger partial charge on any atom is -0.298 e. The molecule has 0 aromatic heterocycles. The van der Waals surface area contributed by atoms with Crippen LogP contribution in [0, 0.1) is 0 Å². The molecule has 0 fully saturated rings. The van der Waals surface area contributed by atoms with Crippen LogP contribution in [0.3, 0.4) is 0 Å². The molecule has 0 heterocycles. The molecule has 0 aliphatic carbocycles. The summed E-state index contributed by atoms with van der Waals surface area (Å²) in [5.41, 5.74) is 1.19. The third-order valence-corrected chi connectivity index (χ3v) is 2.63. The largest absolute Gasteiger partial charge is 0.298 e. The van der Waals surface area contributed by atoms with E-state index in [0.717, 1.165) is 12.6 Å². The van der Waals surface area contributed by atoms with Crippen LogP contribution in [0.25, 0.3) is 0 Å². The Hall–Kier alpha value is -1.64. The van der Waals surface area contributed by atoms with E-state index in [1.165, 1.54) is 0 Å². The zero-order chi connectivity index (χ0) is 13.4. The third-order valence-electron chi connectivity index (χ3n) is 2.04. The molecular formula is C14H10Cl2O2. The first-order valence-electron chi connectivity index (χ1n) is 5.08. The topological polar surface area (TPSA) is 34.1 Å². The van der Waals surface area contributed by atoms with Crippen LogP contribution in [0.5, 0.6) is 0 Å². The maximum Gasteiger partial charge on any atom is 0.151 e. The molecule has 0 bridgehead atoms. The predicted octanol–water partition coefficient (Wildman–Crippen LogP) is 4.31. The van der Waals surface area contributed by atoms with E-state index in [9.17, 15) is 9.59 Å². The second-order valence-corrected chi connectivity index (χ2v) is 4.15. The van der Waals surface area contributed by atoms with E-state index in [-0.39, 0.29) is 0 Å². The average molecular weight is 281 g/mol.